The van der Waals surface area contributed by atoms with Crippen LogP contribution in [-0.4, -0.2) is 10.1 Å². The van der Waals surface area contributed by atoms with Gasteiger partial charge in [0.25, 0.3) is 0 Å². The molecule has 0 aliphatic heterocycles. The molecule has 3 nitrogen and oxygen atoms in total. The monoisotopic (exact) mass is 345 g/mol. The molecule has 1 aliphatic rings. The van der Waals surface area contributed by atoms with Gasteiger partial charge in [0.1, 0.15) is 0 Å². The number of hydrogen-bond donors (Lipinski definition) is 2. The van der Waals surface area contributed by atoms with Crippen LogP contribution in [0.2, 0.25) is 0 Å². The second-order valence-corrected chi connectivity index (χ2v) is 7.47. The number of thiocarbonyl (C=S) groups is 1. The number of rotatable bonds is 5. The lowest BCUT2D eigenvalue weighted by atomic mass is 10.0. The smallest absolute Gasteiger partial charge is 0.189 e. The molecule has 3 rings (SSSR count). The van der Waals surface area contributed by atoms with Gasteiger partial charge in [-0.2, -0.15) is 0 Å². The van der Waals surface area contributed by atoms with E-state index in [0.717, 1.165) is 30.1 Å². The molecule has 1 aliphatic carbocycles. The minimum atomic E-state index is 0.609. The molecule has 0 saturated heterocycles. The lowest BCUT2D eigenvalue weighted by Gasteiger charge is -2.09. The highest BCUT2D eigenvalue weighted by molar-refractivity contribution is 7.80. The first-order valence-electron chi connectivity index (χ1n) is 8.40. The van der Waals surface area contributed by atoms with E-state index in [4.69, 9.17) is 12.2 Å². The molecule has 1 aromatic carbocycles. The van der Waals surface area contributed by atoms with E-state index >= 15 is 0 Å². The van der Waals surface area contributed by atoms with Gasteiger partial charge in [-0.1, -0.05) is 25.5 Å². The number of aromatic nitrogens is 1. The molecule has 23 heavy (non-hydrogen) atoms. The quantitative estimate of drug-likeness (QED) is 0.733. The van der Waals surface area contributed by atoms with Crippen molar-refractivity contribution in [2.75, 3.05) is 10.6 Å². The summed E-state index contributed by atoms with van der Waals surface area (Å²) in [5.41, 5.74) is 3.65. The van der Waals surface area contributed by atoms with Crippen molar-refractivity contribution in [3.63, 3.8) is 0 Å². The number of nitrogens with zero attached hydrogens (tertiary/aromatic N) is 1. The SMILES string of the molecule is CCCCc1ccc(NC(=S)Nc2nc3c(s2)CCCC3)cc1. The van der Waals surface area contributed by atoms with Crippen LogP contribution >= 0.6 is 23.6 Å². The second kappa shape index (κ2) is 7.88. The van der Waals surface area contributed by atoms with Gasteiger partial charge in [-0.25, -0.2) is 4.98 Å². The zero-order valence-electron chi connectivity index (χ0n) is 13.5. The molecule has 0 amide bonds. The number of aryl methyl sites for hydroxylation is 3. The largest absolute Gasteiger partial charge is 0.332 e. The van der Waals surface area contributed by atoms with E-state index in [1.54, 1.807) is 11.3 Å². The van der Waals surface area contributed by atoms with Gasteiger partial charge >= 0.3 is 0 Å². The minimum absolute atomic E-state index is 0.609. The first kappa shape index (κ1) is 16.4. The first-order chi connectivity index (χ1) is 11.2. The zero-order chi connectivity index (χ0) is 16.1. The van der Waals surface area contributed by atoms with Crippen LogP contribution in [0.3, 0.4) is 0 Å². The number of hydrogen-bond acceptors (Lipinski definition) is 3. The standard InChI is InChI=1S/C18H23N3S2/c1-2-3-6-13-9-11-14(12-10-13)19-17(22)21-18-20-15-7-4-5-8-16(15)23-18/h9-12H,2-8H2,1H3,(H2,19,20,21,22). The molecule has 0 bridgehead atoms. The third kappa shape index (κ3) is 4.52. The molecular formula is C18H23N3S2. The van der Waals surface area contributed by atoms with Crippen molar-refractivity contribution >= 4 is 39.5 Å². The Kier molecular flexibility index (Phi) is 5.62. The van der Waals surface area contributed by atoms with Gasteiger partial charge in [0, 0.05) is 10.6 Å². The molecule has 1 heterocycles. The first-order valence-corrected chi connectivity index (χ1v) is 9.62. The summed E-state index contributed by atoms with van der Waals surface area (Å²) in [6.45, 7) is 2.22. The summed E-state index contributed by atoms with van der Waals surface area (Å²) < 4.78 is 0. The van der Waals surface area contributed by atoms with Crippen molar-refractivity contribution in [1.82, 2.24) is 4.98 Å². The molecule has 1 aromatic heterocycles. The van der Waals surface area contributed by atoms with Crippen LogP contribution in [0, 0.1) is 0 Å². The predicted octanol–water partition coefficient (Wildman–Crippen LogP) is 5.17. The minimum Gasteiger partial charge on any atom is -0.332 e. The lowest BCUT2D eigenvalue weighted by molar-refractivity contribution is 0.683. The highest BCUT2D eigenvalue weighted by Gasteiger charge is 2.15. The lowest BCUT2D eigenvalue weighted by Crippen LogP contribution is -2.18. The van der Waals surface area contributed by atoms with Crippen molar-refractivity contribution < 1.29 is 0 Å². The average molecular weight is 346 g/mol. The van der Waals surface area contributed by atoms with Crippen molar-refractivity contribution in [2.45, 2.75) is 51.9 Å². The molecule has 122 valence electrons. The van der Waals surface area contributed by atoms with Crippen molar-refractivity contribution in [3.8, 4) is 0 Å². The Morgan fingerprint density at radius 1 is 1.17 bits per heavy atom. The van der Waals surface area contributed by atoms with E-state index in [1.165, 1.54) is 41.8 Å². The number of thiazole rings is 1. The van der Waals surface area contributed by atoms with Crippen LogP contribution in [0.15, 0.2) is 24.3 Å². The third-order valence-corrected chi connectivity index (χ3v) is 5.37. The Balaban J connectivity index is 1.55. The molecule has 2 aromatic rings. The number of unbranched alkanes of at least 4 members (excludes halogenated alkanes) is 1. The highest BCUT2D eigenvalue weighted by Crippen LogP contribution is 2.29. The Morgan fingerprint density at radius 2 is 1.96 bits per heavy atom. The molecule has 2 N–H and O–H groups in total. The van der Waals surface area contributed by atoms with E-state index in [0.29, 0.717) is 5.11 Å². The molecule has 0 saturated carbocycles. The van der Waals surface area contributed by atoms with E-state index in [-0.39, 0.29) is 0 Å². The molecule has 0 unspecified atom stereocenters. The van der Waals surface area contributed by atoms with E-state index in [9.17, 15) is 0 Å². The van der Waals surface area contributed by atoms with Crippen LogP contribution in [0.5, 0.6) is 0 Å². The molecule has 0 fully saturated rings. The van der Waals surface area contributed by atoms with Gasteiger partial charge in [0.05, 0.1) is 5.69 Å². The topological polar surface area (TPSA) is 37.0 Å². The normalized spacial score (nSPS) is 13.4. The summed E-state index contributed by atoms with van der Waals surface area (Å²) in [7, 11) is 0. The van der Waals surface area contributed by atoms with Crippen LogP contribution in [-0.2, 0) is 19.3 Å². The molecule has 5 heteroatoms. The van der Waals surface area contributed by atoms with Crippen molar-refractivity contribution in [1.29, 1.82) is 0 Å². The van der Waals surface area contributed by atoms with Gasteiger partial charge in [0.2, 0.25) is 0 Å². The third-order valence-electron chi connectivity index (χ3n) is 4.10. The van der Waals surface area contributed by atoms with E-state index in [2.05, 4.69) is 46.8 Å². The number of nitrogens with one attached hydrogen (secondary N) is 2. The molecule has 0 spiro atoms. The number of benzene rings is 1. The highest BCUT2D eigenvalue weighted by atomic mass is 32.1. The number of anilines is 2. The van der Waals surface area contributed by atoms with Crippen molar-refractivity contribution in [3.05, 3.63) is 40.4 Å². The Hall–Kier alpha value is -1.46. The number of fused-ring (bicyclic) bond motifs is 1. The average Bonchev–Trinajstić information content (AvgIpc) is 2.96. The summed E-state index contributed by atoms with van der Waals surface area (Å²) >= 11 is 7.14. The van der Waals surface area contributed by atoms with Gasteiger partial charge in [-0.05, 0) is 68.4 Å². The van der Waals surface area contributed by atoms with Crippen LogP contribution in [0.4, 0.5) is 10.8 Å². The Bertz CT molecular complexity index is 638. The van der Waals surface area contributed by atoms with Crippen molar-refractivity contribution in [2.24, 2.45) is 0 Å². The Morgan fingerprint density at radius 3 is 2.70 bits per heavy atom. The van der Waals surface area contributed by atoms with Gasteiger partial charge in [-0.15, -0.1) is 11.3 Å². The summed E-state index contributed by atoms with van der Waals surface area (Å²) in [6.07, 6.45) is 8.41. The molecular weight excluding hydrogens is 322 g/mol. The van der Waals surface area contributed by atoms with Crippen LogP contribution in [0.25, 0.3) is 0 Å². The van der Waals surface area contributed by atoms with Gasteiger partial charge < -0.3 is 10.6 Å². The van der Waals surface area contributed by atoms with E-state index in [1.807, 2.05) is 0 Å². The van der Waals surface area contributed by atoms with Gasteiger partial charge in [0.15, 0.2) is 10.2 Å². The van der Waals surface area contributed by atoms with E-state index < -0.39 is 0 Å². The van der Waals surface area contributed by atoms with Crippen LogP contribution < -0.4 is 10.6 Å². The predicted molar refractivity (Wildman–Crippen MR) is 104 cm³/mol. The summed E-state index contributed by atoms with van der Waals surface area (Å²) in [6, 6.07) is 8.52. The van der Waals surface area contributed by atoms with Crippen LogP contribution in [0.1, 0.15) is 48.7 Å². The fourth-order valence-electron chi connectivity index (χ4n) is 2.80. The summed E-state index contributed by atoms with van der Waals surface area (Å²) in [4.78, 5) is 6.08. The molecule has 0 atom stereocenters. The molecule has 0 radical (unpaired) electrons. The summed E-state index contributed by atoms with van der Waals surface area (Å²) in [5, 5.41) is 7.99. The maximum absolute atomic E-state index is 5.41. The maximum atomic E-state index is 5.41. The summed E-state index contributed by atoms with van der Waals surface area (Å²) in [5.74, 6) is 0. The zero-order valence-corrected chi connectivity index (χ0v) is 15.2. The fraction of sp³-hybridized carbons (Fsp3) is 0.444. The fourth-order valence-corrected chi connectivity index (χ4v) is 4.13. The second-order valence-electron chi connectivity index (χ2n) is 5.98. The Labute approximate surface area is 147 Å². The van der Waals surface area contributed by atoms with Gasteiger partial charge in [-0.3, -0.25) is 0 Å². The maximum Gasteiger partial charge on any atom is 0.189 e.